The van der Waals surface area contributed by atoms with Gasteiger partial charge in [-0.15, -0.1) is 0 Å². The molecule has 2 aliphatic rings. The predicted octanol–water partition coefficient (Wildman–Crippen LogP) is 3.14. The van der Waals surface area contributed by atoms with Crippen molar-refractivity contribution in [1.29, 1.82) is 0 Å². The van der Waals surface area contributed by atoms with Gasteiger partial charge >= 0.3 is 5.97 Å². The first-order valence-electron chi connectivity index (χ1n) is 13.1. The summed E-state index contributed by atoms with van der Waals surface area (Å²) in [6, 6.07) is 10.9. The zero-order valence-corrected chi connectivity index (χ0v) is 22.1. The van der Waals surface area contributed by atoms with Crippen molar-refractivity contribution < 1.29 is 28.1 Å². The van der Waals surface area contributed by atoms with E-state index in [1.54, 1.807) is 22.9 Å². The van der Waals surface area contributed by atoms with Crippen LogP contribution in [0.5, 0.6) is 0 Å². The molecule has 0 radical (unpaired) electrons. The standard InChI is InChI=1S/C28H29FN6O5/c1-17-3-5-18(6-4-17)28(36)39-14-20-22(29)25(37-2)27(40-20)35-16-33-24-23(31-15-32-26(24)35)19-7-8-21(30-13-19)34-9-11-38-12-10-34/h3-8,13,15-16,20,22,25,27H,9-12,14H2,1-2H3/t20-,22-,25-,27-/m1/s1. The van der Waals surface area contributed by atoms with Gasteiger partial charge in [0, 0.05) is 32.0 Å². The quantitative estimate of drug-likeness (QED) is 0.319. The number of carbonyl (C=O) groups is 1. The van der Waals surface area contributed by atoms with E-state index in [2.05, 4.69) is 24.8 Å². The molecule has 40 heavy (non-hydrogen) atoms. The van der Waals surface area contributed by atoms with Crippen LogP contribution in [0.4, 0.5) is 10.2 Å². The smallest absolute Gasteiger partial charge is 0.338 e. The molecule has 6 rings (SSSR count). The second kappa shape index (κ2) is 11.2. The molecule has 2 aliphatic heterocycles. The minimum atomic E-state index is -1.54. The monoisotopic (exact) mass is 548 g/mol. The van der Waals surface area contributed by atoms with Crippen LogP contribution >= 0.6 is 0 Å². The normalized spacial score (nSPS) is 23.0. The summed E-state index contributed by atoms with van der Waals surface area (Å²) in [6.07, 6.45) is 0.298. The number of pyridine rings is 1. The van der Waals surface area contributed by atoms with Crippen molar-refractivity contribution in [2.75, 3.05) is 44.9 Å². The van der Waals surface area contributed by atoms with Crippen molar-refractivity contribution in [3.8, 4) is 11.3 Å². The lowest BCUT2D eigenvalue weighted by atomic mass is 10.1. The van der Waals surface area contributed by atoms with Gasteiger partial charge in [-0.3, -0.25) is 4.57 Å². The van der Waals surface area contributed by atoms with E-state index in [1.807, 2.05) is 31.2 Å². The van der Waals surface area contributed by atoms with Crippen LogP contribution < -0.4 is 4.90 Å². The second-order valence-corrected chi connectivity index (χ2v) is 9.73. The molecule has 0 bridgehead atoms. The highest BCUT2D eigenvalue weighted by Gasteiger charge is 2.47. The molecule has 5 heterocycles. The number of benzene rings is 1. The molecule has 0 amide bonds. The lowest BCUT2D eigenvalue weighted by Crippen LogP contribution is -2.36. The van der Waals surface area contributed by atoms with Gasteiger partial charge < -0.3 is 23.8 Å². The summed E-state index contributed by atoms with van der Waals surface area (Å²) in [5.74, 6) is 0.320. The number of hydrogen-bond donors (Lipinski definition) is 0. The molecule has 11 nitrogen and oxygen atoms in total. The highest BCUT2D eigenvalue weighted by molar-refractivity contribution is 5.89. The third kappa shape index (κ3) is 5.01. The number of rotatable bonds is 7. The number of anilines is 1. The van der Waals surface area contributed by atoms with E-state index >= 15 is 4.39 Å². The van der Waals surface area contributed by atoms with E-state index in [9.17, 15) is 4.79 Å². The molecule has 0 spiro atoms. The Morgan fingerprint density at radius 2 is 1.88 bits per heavy atom. The van der Waals surface area contributed by atoms with Crippen molar-refractivity contribution in [2.24, 2.45) is 0 Å². The summed E-state index contributed by atoms with van der Waals surface area (Å²) in [6.45, 7) is 4.59. The second-order valence-electron chi connectivity index (χ2n) is 9.73. The number of ether oxygens (including phenoxy) is 4. The molecule has 4 aromatic rings. The van der Waals surface area contributed by atoms with Crippen molar-refractivity contribution in [3.63, 3.8) is 0 Å². The van der Waals surface area contributed by atoms with Gasteiger partial charge in [-0.05, 0) is 31.2 Å². The summed E-state index contributed by atoms with van der Waals surface area (Å²) < 4.78 is 39.3. The number of nitrogens with zero attached hydrogens (tertiary/aromatic N) is 6. The number of carbonyl (C=O) groups excluding carboxylic acids is 1. The molecule has 208 valence electrons. The molecule has 2 saturated heterocycles. The van der Waals surface area contributed by atoms with E-state index in [0.29, 0.717) is 35.6 Å². The number of halogens is 1. The fraction of sp³-hybridized carbons (Fsp3) is 0.393. The van der Waals surface area contributed by atoms with Gasteiger partial charge in [-0.2, -0.15) is 0 Å². The summed E-state index contributed by atoms with van der Waals surface area (Å²) >= 11 is 0. The SMILES string of the molecule is CO[C@@H]1[C@H](F)[C@@H](COC(=O)c2ccc(C)cc2)O[C@H]1n1cnc2c(-c3ccc(N4CCOCC4)nc3)ncnc21. The van der Waals surface area contributed by atoms with Gasteiger partial charge in [0.25, 0.3) is 0 Å². The molecule has 0 aliphatic carbocycles. The van der Waals surface area contributed by atoms with Crippen LogP contribution in [0.15, 0.2) is 55.2 Å². The maximum atomic E-state index is 15.4. The first-order chi connectivity index (χ1) is 19.5. The van der Waals surface area contributed by atoms with Gasteiger partial charge in [-0.1, -0.05) is 17.7 Å². The average molecular weight is 549 g/mol. The molecule has 0 unspecified atom stereocenters. The topological polar surface area (TPSA) is 114 Å². The first kappa shape index (κ1) is 26.2. The minimum Gasteiger partial charge on any atom is -0.459 e. The van der Waals surface area contributed by atoms with Crippen molar-refractivity contribution >= 4 is 23.0 Å². The zero-order chi connectivity index (χ0) is 27.6. The summed E-state index contributed by atoms with van der Waals surface area (Å²) in [4.78, 5) is 32.6. The first-order valence-corrected chi connectivity index (χ1v) is 13.1. The number of morpholine rings is 1. The number of esters is 1. The van der Waals surface area contributed by atoms with E-state index in [4.69, 9.17) is 18.9 Å². The Morgan fingerprint density at radius 3 is 2.60 bits per heavy atom. The van der Waals surface area contributed by atoms with Crippen molar-refractivity contribution in [1.82, 2.24) is 24.5 Å². The number of fused-ring (bicyclic) bond motifs is 1. The molecule has 2 fully saturated rings. The highest BCUT2D eigenvalue weighted by Crippen LogP contribution is 2.36. The van der Waals surface area contributed by atoms with Gasteiger partial charge in [-0.25, -0.2) is 29.1 Å². The predicted molar refractivity (Wildman–Crippen MR) is 143 cm³/mol. The van der Waals surface area contributed by atoms with Crippen LogP contribution in [-0.2, 0) is 18.9 Å². The van der Waals surface area contributed by atoms with Crippen LogP contribution in [0.2, 0.25) is 0 Å². The molecular formula is C28H29FN6O5. The van der Waals surface area contributed by atoms with E-state index in [-0.39, 0.29) is 6.61 Å². The Hall–Kier alpha value is -4.00. The fourth-order valence-electron chi connectivity index (χ4n) is 4.99. The molecule has 12 heteroatoms. The lowest BCUT2D eigenvalue weighted by molar-refractivity contribution is -0.0616. The van der Waals surface area contributed by atoms with E-state index in [0.717, 1.165) is 30.0 Å². The molecular weight excluding hydrogens is 519 g/mol. The van der Waals surface area contributed by atoms with E-state index in [1.165, 1.54) is 19.8 Å². The van der Waals surface area contributed by atoms with Crippen molar-refractivity contribution in [2.45, 2.75) is 31.5 Å². The Morgan fingerprint density at radius 1 is 1.07 bits per heavy atom. The third-order valence-corrected chi connectivity index (χ3v) is 7.19. The van der Waals surface area contributed by atoms with Crippen LogP contribution in [0.1, 0.15) is 22.1 Å². The third-order valence-electron chi connectivity index (χ3n) is 7.19. The maximum Gasteiger partial charge on any atom is 0.338 e. The summed E-state index contributed by atoms with van der Waals surface area (Å²) in [7, 11) is 1.41. The Kier molecular flexibility index (Phi) is 7.37. The largest absolute Gasteiger partial charge is 0.459 e. The number of aryl methyl sites for hydroxylation is 1. The molecule has 1 aromatic carbocycles. The van der Waals surface area contributed by atoms with Crippen molar-refractivity contribution in [3.05, 3.63) is 66.4 Å². The van der Waals surface area contributed by atoms with Gasteiger partial charge in [0.1, 0.15) is 42.2 Å². The number of alkyl halides is 1. The Bertz CT molecular complexity index is 1480. The van der Waals surface area contributed by atoms with Crippen LogP contribution in [-0.4, -0.2) is 88.9 Å². The van der Waals surface area contributed by atoms with E-state index < -0.39 is 30.6 Å². The number of hydrogen-bond acceptors (Lipinski definition) is 10. The van der Waals surface area contributed by atoms with Gasteiger partial charge in [0.05, 0.1) is 25.1 Å². The molecule has 3 aromatic heterocycles. The maximum absolute atomic E-state index is 15.4. The fourth-order valence-corrected chi connectivity index (χ4v) is 4.99. The lowest BCUT2D eigenvalue weighted by Gasteiger charge is -2.27. The van der Waals surface area contributed by atoms with Gasteiger partial charge in [0.2, 0.25) is 0 Å². The van der Waals surface area contributed by atoms with Crippen LogP contribution in [0, 0.1) is 6.92 Å². The Labute approximate surface area is 229 Å². The van der Waals surface area contributed by atoms with Crippen LogP contribution in [0.3, 0.4) is 0 Å². The minimum absolute atomic E-state index is 0.266. The zero-order valence-electron chi connectivity index (χ0n) is 22.1. The highest BCUT2D eigenvalue weighted by atomic mass is 19.1. The number of methoxy groups -OCH3 is 1. The summed E-state index contributed by atoms with van der Waals surface area (Å²) in [5.41, 5.74) is 3.75. The molecule has 0 saturated carbocycles. The molecule has 0 N–H and O–H groups in total. The number of aromatic nitrogens is 5. The van der Waals surface area contributed by atoms with Gasteiger partial charge in [0.15, 0.2) is 18.0 Å². The molecule has 4 atom stereocenters. The average Bonchev–Trinajstić information content (AvgIpc) is 3.57. The van der Waals surface area contributed by atoms with Crippen LogP contribution in [0.25, 0.3) is 22.4 Å². The number of imidazole rings is 1. The Balaban J connectivity index is 1.21. The summed E-state index contributed by atoms with van der Waals surface area (Å²) in [5, 5.41) is 0.